The molecule has 164 valence electrons. The Kier molecular flexibility index (Phi) is 5.39. The fraction of sp³-hybridized carbons (Fsp3) is 0.320. The second kappa shape index (κ2) is 8.49. The summed E-state index contributed by atoms with van der Waals surface area (Å²) >= 11 is 0. The lowest BCUT2D eigenvalue weighted by Gasteiger charge is -2.22. The molecule has 0 radical (unpaired) electrons. The van der Waals surface area contributed by atoms with E-state index >= 15 is 0 Å². The van der Waals surface area contributed by atoms with Gasteiger partial charge in [0.2, 0.25) is 0 Å². The van der Waals surface area contributed by atoms with E-state index in [0.29, 0.717) is 29.2 Å². The van der Waals surface area contributed by atoms with Crippen molar-refractivity contribution in [3.63, 3.8) is 0 Å². The molecular weight excluding hydrogens is 402 g/mol. The highest BCUT2D eigenvalue weighted by Crippen LogP contribution is 2.32. The first-order valence-corrected chi connectivity index (χ1v) is 11.3. The Balaban J connectivity index is 1.66. The fourth-order valence-corrected chi connectivity index (χ4v) is 4.51. The summed E-state index contributed by atoms with van der Waals surface area (Å²) in [7, 11) is 0. The molecular formula is C25H27N5O2. The number of nitrogen functional groups attached to an aromatic ring is 1. The second-order valence-electron chi connectivity index (χ2n) is 8.22. The molecule has 0 unspecified atom stereocenters. The monoisotopic (exact) mass is 429 g/mol. The van der Waals surface area contributed by atoms with Crippen molar-refractivity contribution in [1.29, 1.82) is 0 Å². The Morgan fingerprint density at radius 1 is 1.06 bits per heavy atom. The van der Waals surface area contributed by atoms with Crippen LogP contribution in [0.5, 0.6) is 5.75 Å². The summed E-state index contributed by atoms with van der Waals surface area (Å²) in [5.41, 5.74) is 10.4. The fourth-order valence-electron chi connectivity index (χ4n) is 4.51. The topological polar surface area (TPSA) is 95.1 Å². The summed E-state index contributed by atoms with van der Waals surface area (Å²) in [6.07, 6.45) is 5.50. The van der Waals surface area contributed by atoms with Crippen molar-refractivity contribution in [3.8, 4) is 11.4 Å². The van der Waals surface area contributed by atoms with Crippen molar-refractivity contribution in [1.82, 2.24) is 19.9 Å². The van der Waals surface area contributed by atoms with Crippen LogP contribution in [0.4, 0.5) is 5.82 Å². The molecule has 4 aromatic rings. The SMILES string of the molecule is CCOc1ccc(-n2c(N)c(C(=O)NC3CCCCC3)c3nc4ccccc4nc32)cc1. The molecule has 1 amide bonds. The number of anilines is 1. The van der Waals surface area contributed by atoms with Gasteiger partial charge in [0.1, 0.15) is 22.6 Å². The van der Waals surface area contributed by atoms with Crippen LogP contribution in [0.1, 0.15) is 49.4 Å². The zero-order valence-electron chi connectivity index (χ0n) is 18.2. The first-order chi connectivity index (χ1) is 15.7. The summed E-state index contributed by atoms with van der Waals surface area (Å²) in [6, 6.07) is 15.4. The predicted molar refractivity (Wildman–Crippen MR) is 126 cm³/mol. The van der Waals surface area contributed by atoms with Crippen molar-refractivity contribution in [2.24, 2.45) is 0 Å². The Labute approximate surface area is 186 Å². The average Bonchev–Trinajstić information content (AvgIpc) is 3.09. The van der Waals surface area contributed by atoms with E-state index in [9.17, 15) is 4.79 Å². The number of nitrogens with zero attached hydrogens (tertiary/aromatic N) is 3. The smallest absolute Gasteiger partial charge is 0.257 e. The summed E-state index contributed by atoms with van der Waals surface area (Å²) in [4.78, 5) is 23.0. The van der Waals surface area contributed by atoms with Gasteiger partial charge in [0.15, 0.2) is 5.65 Å². The van der Waals surface area contributed by atoms with Gasteiger partial charge in [-0.25, -0.2) is 9.97 Å². The van der Waals surface area contributed by atoms with E-state index in [-0.39, 0.29) is 11.9 Å². The Hall–Kier alpha value is -3.61. The first-order valence-electron chi connectivity index (χ1n) is 11.3. The average molecular weight is 430 g/mol. The minimum atomic E-state index is -0.186. The zero-order valence-corrected chi connectivity index (χ0v) is 18.2. The van der Waals surface area contributed by atoms with Crippen LogP contribution in [-0.2, 0) is 0 Å². The third-order valence-corrected chi connectivity index (χ3v) is 6.07. The number of hydrogen-bond donors (Lipinski definition) is 2. The lowest BCUT2D eigenvalue weighted by molar-refractivity contribution is 0.0930. The summed E-state index contributed by atoms with van der Waals surface area (Å²) < 4.78 is 7.37. The van der Waals surface area contributed by atoms with Gasteiger partial charge >= 0.3 is 0 Å². The minimum absolute atomic E-state index is 0.174. The molecule has 2 aromatic heterocycles. The molecule has 7 heteroatoms. The van der Waals surface area contributed by atoms with Crippen molar-refractivity contribution in [3.05, 3.63) is 54.1 Å². The maximum absolute atomic E-state index is 13.4. The maximum atomic E-state index is 13.4. The van der Waals surface area contributed by atoms with Crippen molar-refractivity contribution >= 4 is 33.9 Å². The number of benzene rings is 2. The third-order valence-electron chi connectivity index (χ3n) is 6.07. The van der Waals surface area contributed by atoms with Crippen LogP contribution >= 0.6 is 0 Å². The molecule has 0 bridgehead atoms. The number of aromatic nitrogens is 3. The molecule has 7 nitrogen and oxygen atoms in total. The highest BCUT2D eigenvalue weighted by atomic mass is 16.5. The lowest BCUT2D eigenvalue weighted by atomic mass is 9.95. The van der Waals surface area contributed by atoms with E-state index in [1.165, 1.54) is 6.42 Å². The molecule has 1 aliphatic rings. The van der Waals surface area contributed by atoms with E-state index < -0.39 is 0 Å². The molecule has 0 saturated heterocycles. The summed E-state index contributed by atoms with van der Waals surface area (Å²) in [5, 5.41) is 3.19. The first kappa shape index (κ1) is 20.3. The van der Waals surface area contributed by atoms with Gasteiger partial charge in [-0.2, -0.15) is 0 Å². The molecule has 0 atom stereocenters. The molecule has 2 heterocycles. The van der Waals surface area contributed by atoms with E-state index in [0.717, 1.165) is 48.2 Å². The largest absolute Gasteiger partial charge is 0.494 e. The predicted octanol–water partition coefficient (Wildman–Crippen LogP) is 4.62. The maximum Gasteiger partial charge on any atom is 0.257 e. The molecule has 1 saturated carbocycles. The van der Waals surface area contributed by atoms with Gasteiger partial charge in [-0.05, 0) is 56.2 Å². The molecule has 5 rings (SSSR count). The highest BCUT2D eigenvalue weighted by Gasteiger charge is 2.26. The number of fused-ring (bicyclic) bond motifs is 2. The molecule has 1 fully saturated rings. The van der Waals surface area contributed by atoms with Crippen LogP contribution in [0.15, 0.2) is 48.5 Å². The Morgan fingerprint density at radius 3 is 2.44 bits per heavy atom. The number of nitrogens with two attached hydrogens (primary N) is 1. The van der Waals surface area contributed by atoms with Gasteiger partial charge in [0.25, 0.3) is 5.91 Å². The Bertz CT molecular complexity index is 1270. The quantitative estimate of drug-likeness (QED) is 0.483. The molecule has 0 aliphatic heterocycles. The molecule has 2 aromatic carbocycles. The molecule has 32 heavy (non-hydrogen) atoms. The number of amides is 1. The normalized spacial score (nSPS) is 14.7. The number of ether oxygens (including phenoxy) is 1. The highest BCUT2D eigenvalue weighted by molar-refractivity contribution is 6.11. The van der Waals surface area contributed by atoms with Crippen LogP contribution in [0.2, 0.25) is 0 Å². The van der Waals surface area contributed by atoms with Crippen LogP contribution in [0.3, 0.4) is 0 Å². The number of carbonyl (C=O) groups excluding carboxylic acids is 1. The Morgan fingerprint density at radius 2 is 1.75 bits per heavy atom. The number of hydrogen-bond acceptors (Lipinski definition) is 5. The number of rotatable bonds is 5. The van der Waals surface area contributed by atoms with Crippen molar-refractivity contribution in [2.45, 2.75) is 45.1 Å². The van der Waals surface area contributed by atoms with Gasteiger partial charge in [-0.1, -0.05) is 31.4 Å². The van der Waals surface area contributed by atoms with Gasteiger partial charge in [0.05, 0.1) is 17.6 Å². The summed E-state index contributed by atoms with van der Waals surface area (Å²) in [6.45, 7) is 2.54. The third kappa shape index (κ3) is 3.64. The van der Waals surface area contributed by atoms with Crippen LogP contribution in [0, 0.1) is 0 Å². The summed E-state index contributed by atoms with van der Waals surface area (Å²) in [5.74, 6) is 0.930. The van der Waals surface area contributed by atoms with Crippen LogP contribution in [0.25, 0.3) is 27.9 Å². The van der Waals surface area contributed by atoms with E-state index in [4.69, 9.17) is 20.4 Å². The van der Waals surface area contributed by atoms with E-state index in [2.05, 4.69) is 5.32 Å². The van der Waals surface area contributed by atoms with Gasteiger partial charge in [0, 0.05) is 11.7 Å². The second-order valence-corrected chi connectivity index (χ2v) is 8.22. The number of carbonyl (C=O) groups is 1. The van der Waals surface area contributed by atoms with E-state index in [1.54, 1.807) is 4.57 Å². The van der Waals surface area contributed by atoms with Crippen molar-refractivity contribution < 1.29 is 9.53 Å². The van der Waals surface area contributed by atoms with Gasteiger partial charge in [-0.15, -0.1) is 0 Å². The van der Waals surface area contributed by atoms with Crippen LogP contribution in [-0.4, -0.2) is 33.1 Å². The zero-order chi connectivity index (χ0) is 22.1. The molecule has 1 aliphatic carbocycles. The molecule has 0 spiro atoms. The van der Waals surface area contributed by atoms with Gasteiger partial charge in [-0.3, -0.25) is 9.36 Å². The van der Waals surface area contributed by atoms with E-state index in [1.807, 2.05) is 55.5 Å². The minimum Gasteiger partial charge on any atom is -0.494 e. The van der Waals surface area contributed by atoms with Gasteiger partial charge < -0.3 is 15.8 Å². The number of nitrogens with one attached hydrogen (secondary N) is 1. The number of para-hydroxylation sites is 2. The molecule has 3 N–H and O–H groups in total. The standard InChI is InChI=1S/C25H27N5O2/c1-2-32-18-14-12-17(13-15-18)30-23(26)21(25(31)27-16-8-4-3-5-9-16)22-24(30)29-20-11-7-6-10-19(20)28-22/h6-7,10-16H,2-5,8-9,26H2,1H3,(H,27,31). The van der Waals surface area contributed by atoms with Crippen molar-refractivity contribution in [2.75, 3.05) is 12.3 Å². The lowest BCUT2D eigenvalue weighted by Crippen LogP contribution is -2.36. The van der Waals surface area contributed by atoms with Crippen LogP contribution < -0.4 is 15.8 Å².